The van der Waals surface area contributed by atoms with Crippen LogP contribution in [0.25, 0.3) is 0 Å². The number of hydrogen-bond donors (Lipinski definition) is 3. The van der Waals surface area contributed by atoms with Crippen LogP contribution < -0.4 is 16.0 Å². The van der Waals surface area contributed by atoms with E-state index in [1.54, 1.807) is 26.5 Å². The molecule has 4 N–H and O–H groups in total. The third-order valence-electron chi connectivity index (χ3n) is 4.81. The highest BCUT2D eigenvalue weighted by Gasteiger charge is 2.40. The molecule has 1 aliphatic heterocycles. The first-order chi connectivity index (χ1) is 14.6. The molecule has 0 unspecified atom stereocenters. The third kappa shape index (κ3) is 6.14. The molecule has 0 radical (unpaired) electrons. The number of aliphatic hydroxyl groups is 1. The van der Waals surface area contributed by atoms with Crippen molar-refractivity contribution in [1.82, 2.24) is 9.97 Å². The van der Waals surface area contributed by atoms with Gasteiger partial charge in [-0.15, -0.1) is 0 Å². The van der Waals surface area contributed by atoms with Gasteiger partial charge in [-0.05, 0) is 11.6 Å². The van der Waals surface area contributed by atoms with E-state index in [0.717, 1.165) is 10.5 Å². The molecule has 2 heterocycles. The molecule has 1 aromatic heterocycles. The van der Waals surface area contributed by atoms with Crippen LogP contribution >= 0.6 is 21.6 Å². The van der Waals surface area contributed by atoms with Crippen LogP contribution in [-0.4, -0.2) is 46.4 Å². The minimum atomic E-state index is -2.74. The molecule has 1 fully saturated rings. The number of alkyl halides is 2. The van der Waals surface area contributed by atoms with Gasteiger partial charge in [0.2, 0.25) is 0 Å². The fraction of sp³-hybridized carbons (Fsp3) is 0.524. The summed E-state index contributed by atoms with van der Waals surface area (Å²) < 4.78 is 27.7. The van der Waals surface area contributed by atoms with Gasteiger partial charge >= 0.3 is 0 Å². The molecule has 6 nitrogen and oxygen atoms in total. The van der Waals surface area contributed by atoms with Gasteiger partial charge in [-0.25, -0.2) is 18.7 Å². The Bertz CT molecular complexity index is 908. The number of aromatic nitrogens is 2. The van der Waals surface area contributed by atoms with Crippen LogP contribution in [0.4, 0.5) is 26.1 Å². The lowest BCUT2D eigenvalue weighted by Crippen LogP contribution is -2.28. The minimum Gasteiger partial charge on any atom is -0.395 e. The van der Waals surface area contributed by atoms with Crippen LogP contribution in [0.2, 0.25) is 0 Å². The molecule has 1 aliphatic rings. The molecule has 0 saturated carbocycles. The Morgan fingerprint density at radius 1 is 1.26 bits per heavy atom. The number of nitrogen functional groups attached to an aromatic ring is 1. The van der Waals surface area contributed by atoms with Crippen molar-refractivity contribution >= 4 is 38.9 Å². The molecule has 0 atom stereocenters. The lowest BCUT2D eigenvalue weighted by Gasteiger charge is -2.25. The Kier molecular flexibility index (Phi) is 7.54. The molecular formula is C21H29F2N5OS2. The quantitative estimate of drug-likeness (QED) is 0.384. The van der Waals surface area contributed by atoms with E-state index in [2.05, 4.69) is 15.3 Å². The van der Waals surface area contributed by atoms with Crippen LogP contribution in [0.3, 0.4) is 0 Å². The van der Waals surface area contributed by atoms with Gasteiger partial charge in [0, 0.05) is 35.6 Å². The van der Waals surface area contributed by atoms with E-state index in [9.17, 15) is 8.78 Å². The highest BCUT2D eigenvalue weighted by Crippen LogP contribution is 2.37. The maximum Gasteiger partial charge on any atom is 0.266 e. The summed E-state index contributed by atoms with van der Waals surface area (Å²) >= 11 is 0. The molecule has 3 rings (SSSR count). The SMILES string of the molecule is CC(C)(C)c1nc(NCc2ccccc2SSCCO)c(N)c(N2CCC(F)(F)C2)n1. The number of anilines is 3. The maximum absolute atomic E-state index is 13.8. The summed E-state index contributed by atoms with van der Waals surface area (Å²) in [6.45, 7) is 6.36. The van der Waals surface area contributed by atoms with Gasteiger partial charge in [0.05, 0.1) is 13.2 Å². The van der Waals surface area contributed by atoms with Gasteiger partial charge in [0.1, 0.15) is 11.5 Å². The van der Waals surface area contributed by atoms with Crippen LogP contribution in [0.1, 0.15) is 38.6 Å². The van der Waals surface area contributed by atoms with E-state index in [1.165, 1.54) is 0 Å². The van der Waals surface area contributed by atoms with Gasteiger partial charge in [0.25, 0.3) is 5.92 Å². The summed E-state index contributed by atoms with van der Waals surface area (Å²) in [5.74, 6) is -0.733. The Labute approximate surface area is 189 Å². The summed E-state index contributed by atoms with van der Waals surface area (Å²) in [7, 11) is 3.18. The molecule has 1 saturated heterocycles. The summed E-state index contributed by atoms with van der Waals surface area (Å²) in [6.07, 6.45) is -0.208. The first kappa shape index (κ1) is 23.9. The number of hydrogen-bond acceptors (Lipinski definition) is 8. The zero-order valence-electron chi connectivity index (χ0n) is 18.0. The third-order valence-corrected chi connectivity index (χ3v) is 7.24. The average Bonchev–Trinajstić information content (AvgIpc) is 3.07. The zero-order valence-corrected chi connectivity index (χ0v) is 19.6. The van der Waals surface area contributed by atoms with Gasteiger partial charge in [0.15, 0.2) is 11.6 Å². The highest BCUT2D eigenvalue weighted by molar-refractivity contribution is 8.76. The number of aliphatic hydroxyl groups excluding tert-OH is 1. The summed E-state index contributed by atoms with van der Waals surface area (Å²) in [4.78, 5) is 11.8. The molecule has 170 valence electrons. The lowest BCUT2D eigenvalue weighted by molar-refractivity contribution is 0.0257. The first-order valence-corrected chi connectivity index (χ1v) is 12.5. The summed E-state index contributed by atoms with van der Waals surface area (Å²) in [5.41, 5.74) is 7.33. The lowest BCUT2D eigenvalue weighted by atomic mass is 9.95. The molecule has 31 heavy (non-hydrogen) atoms. The molecule has 0 aliphatic carbocycles. The molecule has 2 aromatic rings. The summed E-state index contributed by atoms with van der Waals surface area (Å²) in [5, 5.41) is 12.3. The second kappa shape index (κ2) is 9.79. The van der Waals surface area contributed by atoms with E-state index in [-0.39, 0.29) is 30.7 Å². The van der Waals surface area contributed by atoms with Gasteiger partial charge in [-0.2, -0.15) is 0 Å². The zero-order chi connectivity index (χ0) is 22.6. The van der Waals surface area contributed by atoms with Gasteiger partial charge in [-0.3, -0.25) is 0 Å². The fourth-order valence-electron chi connectivity index (χ4n) is 3.14. The van der Waals surface area contributed by atoms with Crippen LogP contribution in [0, 0.1) is 0 Å². The molecule has 0 amide bonds. The van der Waals surface area contributed by atoms with E-state index < -0.39 is 12.5 Å². The standard InChI is InChI=1S/C21H29F2N5OS2/c1-20(2,3)19-26-17(16(24)18(27-19)28-9-8-21(22,23)13-28)25-12-14-6-4-5-7-15(14)31-30-11-10-29/h4-7,29H,8-13,24H2,1-3H3,(H,25,26,27). The molecule has 0 bridgehead atoms. The van der Waals surface area contributed by atoms with Crippen molar-refractivity contribution in [1.29, 1.82) is 0 Å². The average molecular weight is 470 g/mol. The van der Waals surface area contributed by atoms with Crippen LogP contribution in [-0.2, 0) is 12.0 Å². The fourth-order valence-corrected chi connectivity index (χ4v) is 5.15. The van der Waals surface area contributed by atoms with Crippen molar-refractivity contribution < 1.29 is 13.9 Å². The molecule has 0 spiro atoms. The minimum absolute atomic E-state index is 0.128. The number of halogens is 2. The predicted octanol–water partition coefficient (Wildman–Crippen LogP) is 4.55. The van der Waals surface area contributed by atoms with E-state index >= 15 is 0 Å². The molecule has 10 heteroatoms. The van der Waals surface area contributed by atoms with Crippen molar-refractivity contribution in [2.75, 3.05) is 41.4 Å². The van der Waals surface area contributed by atoms with E-state index in [4.69, 9.17) is 10.8 Å². The highest BCUT2D eigenvalue weighted by atomic mass is 33.1. The Hall–Kier alpha value is -1.78. The van der Waals surface area contributed by atoms with Crippen molar-refractivity contribution in [3.8, 4) is 0 Å². The Balaban J connectivity index is 1.87. The second-order valence-electron chi connectivity index (χ2n) is 8.50. The van der Waals surface area contributed by atoms with Crippen molar-refractivity contribution in [3.05, 3.63) is 35.7 Å². The van der Waals surface area contributed by atoms with Crippen LogP contribution in [0.15, 0.2) is 29.2 Å². The number of benzene rings is 1. The molecular weight excluding hydrogens is 440 g/mol. The van der Waals surface area contributed by atoms with Crippen molar-refractivity contribution in [2.24, 2.45) is 0 Å². The predicted molar refractivity (Wildman–Crippen MR) is 126 cm³/mol. The number of nitrogens with two attached hydrogens (primary N) is 1. The molecule has 1 aromatic carbocycles. The number of nitrogens with one attached hydrogen (secondary N) is 1. The largest absolute Gasteiger partial charge is 0.395 e. The normalized spacial score (nSPS) is 16.0. The van der Waals surface area contributed by atoms with Crippen LogP contribution in [0.5, 0.6) is 0 Å². The maximum atomic E-state index is 13.8. The van der Waals surface area contributed by atoms with E-state index in [1.807, 2.05) is 45.0 Å². The van der Waals surface area contributed by atoms with E-state index in [0.29, 0.717) is 29.8 Å². The first-order valence-electron chi connectivity index (χ1n) is 10.1. The smallest absolute Gasteiger partial charge is 0.266 e. The monoisotopic (exact) mass is 469 g/mol. The van der Waals surface area contributed by atoms with Gasteiger partial charge in [-0.1, -0.05) is 60.6 Å². The van der Waals surface area contributed by atoms with Crippen molar-refractivity contribution in [3.63, 3.8) is 0 Å². The topological polar surface area (TPSA) is 87.3 Å². The number of rotatable bonds is 8. The summed E-state index contributed by atoms with van der Waals surface area (Å²) in [6, 6.07) is 7.96. The number of nitrogens with zero attached hydrogens (tertiary/aromatic N) is 3. The van der Waals surface area contributed by atoms with Gasteiger partial charge < -0.3 is 21.1 Å². The second-order valence-corrected chi connectivity index (χ2v) is 11.0. The Morgan fingerprint density at radius 2 is 2.00 bits per heavy atom. The Morgan fingerprint density at radius 3 is 2.65 bits per heavy atom. The van der Waals surface area contributed by atoms with Crippen molar-refractivity contribution in [2.45, 2.75) is 50.0 Å².